The van der Waals surface area contributed by atoms with Crippen LogP contribution in [0.15, 0.2) is 34.1 Å². The molecule has 0 radical (unpaired) electrons. The number of halogens is 1. The molecule has 1 aromatic heterocycles. The summed E-state index contributed by atoms with van der Waals surface area (Å²) < 4.78 is 1.17. The van der Waals surface area contributed by atoms with Gasteiger partial charge in [0.05, 0.1) is 16.4 Å². The molecule has 126 valence electrons. The SMILES string of the molecule is CC(C(=O)N1CCc2cc(Br)sc2C1)N1CCc2ccccc2C1. The van der Waals surface area contributed by atoms with E-state index in [2.05, 4.69) is 58.1 Å². The zero-order valence-corrected chi connectivity index (χ0v) is 16.2. The molecule has 0 bridgehead atoms. The predicted molar refractivity (Wildman–Crippen MR) is 101 cm³/mol. The average molecular weight is 405 g/mol. The monoisotopic (exact) mass is 404 g/mol. The first kappa shape index (κ1) is 16.3. The van der Waals surface area contributed by atoms with Crippen molar-refractivity contribution < 1.29 is 4.79 Å². The molecule has 0 fully saturated rings. The van der Waals surface area contributed by atoms with Crippen LogP contribution in [0.2, 0.25) is 0 Å². The molecular formula is C19H21BrN2OS. The Morgan fingerprint density at radius 3 is 2.71 bits per heavy atom. The van der Waals surface area contributed by atoms with E-state index in [0.717, 1.165) is 39.0 Å². The van der Waals surface area contributed by atoms with Gasteiger partial charge in [-0.1, -0.05) is 24.3 Å². The lowest BCUT2D eigenvalue weighted by molar-refractivity contribution is -0.137. The Kier molecular flexibility index (Phi) is 4.50. The van der Waals surface area contributed by atoms with E-state index in [1.165, 1.54) is 25.4 Å². The molecule has 2 aliphatic heterocycles. The molecule has 3 nitrogen and oxygen atoms in total. The van der Waals surface area contributed by atoms with Crippen molar-refractivity contribution in [3.8, 4) is 0 Å². The van der Waals surface area contributed by atoms with Crippen LogP contribution in [0.3, 0.4) is 0 Å². The lowest BCUT2D eigenvalue weighted by atomic mass is 9.98. The quantitative estimate of drug-likeness (QED) is 0.758. The first-order valence-corrected chi connectivity index (χ1v) is 10.1. The normalized spacial score (nSPS) is 18.8. The van der Waals surface area contributed by atoms with Crippen molar-refractivity contribution in [2.45, 2.75) is 38.9 Å². The second-order valence-electron chi connectivity index (χ2n) is 6.67. The van der Waals surface area contributed by atoms with Gasteiger partial charge in [-0.25, -0.2) is 0 Å². The lowest BCUT2D eigenvalue weighted by Crippen LogP contribution is -2.49. The Balaban J connectivity index is 1.45. The molecule has 3 heterocycles. The maximum absolute atomic E-state index is 13.0. The summed E-state index contributed by atoms with van der Waals surface area (Å²) in [5.74, 6) is 0.268. The van der Waals surface area contributed by atoms with Crippen LogP contribution < -0.4 is 0 Å². The fourth-order valence-corrected chi connectivity index (χ4v) is 5.55. The minimum Gasteiger partial charge on any atom is -0.336 e. The molecule has 2 aromatic rings. The molecule has 0 saturated heterocycles. The molecule has 0 N–H and O–H groups in total. The van der Waals surface area contributed by atoms with Crippen molar-refractivity contribution in [2.24, 2.45) is 0 Å². The maximum Gasteiger partial charge on any atom is 0.239 e. The van der Waals surface area contributed by atoms with Gasteiger partial charge in [0, 0.05) is 24.5 Å². The molecule has 1 atom stereocenters. The number of amides is 1. The average Bonchev–Trinajstić information content (AvgIpc) is 2.99. The number of carbonyl (C=O) groups is 1. The number of nitrogens with zero attached hydrogens (tertiary/aromatic N) is 2. The third kappa shape index (κ3) is 3.05. The van der Waals surface area contributed by atoms with E-state index in [-0.39, 0.29) is 11.9 Å². The largest absolute Gasteiger partial charge is 0.336 e. The molecule has 2 aliphatic rings. The van der Waals surface area contributed by atoms with E-state index in [1.54, 1.807) is 11.3 Å². The van der Waals surface area contributed by atoms with E-state index in [0.29, 0.717) is 0 Å². The van der Waals surface area contributed by atoms with Crippen LogP contribution in [0.5, 0.6) is 0 Å². The number of benzene rings is 1. The fourth-order valence-electron chi connectivity index (χ4n) is 3.74. The lowest BCUT2D eigenvalue weighted by Gasteiger charge is -2.36. The summed E-state index contributed by atoms with van der Waals surface area (Å²) in [4.78, 5) is 18.7. The molecule has 0 aliphatic carbocycles. The van der Waals surface area contributed by atoms with E-state index in [9.17, 15) is 4.79 Å². The van der Waals surface area contributed by atoms with E-state index in [1.807, 2.05) is 4.90 Å². The first-order valence-electron chi connectivity index (χ1n) is 8.48. The maximum atomic E-state index is 13.0. The van der Waals surface area contributed by atoms with Gasteiger partial charge in [0.25, 0.3) is 0 Å². The second-order valence-corrected chi connectivity index (χ2v) is 9.19. The standard InChI is InChI=1S/C19H21BrN2OS/c1-13(21-8-6-14-4-2-3-5-16(14)11-21)19(23)22-9-7-15-10-18(20)24-17(15)12-22/h2-5,10,13H,6-9,11-12H2,1H3. The van der Waals surface area contributed by atoms with E-state index >= 15 is 0 Å². The first-order chi connectivity index (χ1) is 11.6. The molecule has 4 rings (SSSR count). The Bertz CT molecular complexity index is 772. The van der Waals surface area contributed by atoms with Gasteiger partial charge in [0.1, 0.15) is 0 Å². The molecular weight excluding hydrogens is 384 g/mol. The predicted octanol–water partition coefficient (Wildman–Crippen LogP) is 3.84. The van der Waals surface area contributed by atoms with Crippen LogP contribution in [0.25, 0.3) is 0 Å². The van der Waals surface area contributed by atoms with Crippen LogP contribution in [0, 0.1) is 0 Å². The number of thiophene rings is 1. The molecule has 5 heteroatoms. The van der Waals surface area contributed by atoms with Crippen molar-refractivity contribution in [1.82, 2.24) is 9.80 Å². The van der Waals surface area contributed by atoms with Crippen LogP contribution in [0.1, 0.15) is 28.5 Å². The summed E-state index contributed by atoms with van der Waals surface area (Å²) in [5.41, 5.74) is 4.20. The Hall–Kier alpha value is -1.17. The molecule has 1 aromatic carbocycles. The number of carbonyl (C=O) groups excluding carboxylic acids is 1. The number of hydrogen-bond acceptors (Lipinski definition) is 3. The van der Waals surface area contributed by atoms with Crippen molar-refractivity contribution >= 4 is 33.2 Å². The highest BCUT2D eigenvalue weighted by atomic mass is 79.9. The smallest absolute Gasteiger partial charge is 0.239 e. The highest BCUT2D eigenvalue weighted by Gasteiger charge is 2.30. The van der Waals surface area contributed by atoms with Crippen molar-refractivity contribution in [3.05, 3.63) is 55.7 Å². The number of fused-ring (bicyclic) bond motifs is 2. The third-order valence-electron chi connectivity index (χ3n) is 5.23. The topological polar surface area (TPSA) is 23.6 Å². The van der Waals surface area contributed by atoms with Crippen LogP contribution in [-0.4, -0.2) is 34.8 Å². The summed E-state index contributed by atoms with van der Waals surface area (Å²) >= 11 is 5.32. The van der Waals surface area contributed by atoms with Crippen LogP contribution in [-0.2, 0) is 30.7 Å². The van der Waals surface area contributed by atoms with Crippen LogP contribution in [0.4, 0.5) is 0 Å². The summed E-state index contributed by atoms with van der Waals surface area (Å²) in [5, 5.41) is 0. The minimum atomic E-state index is -0.0525. The molecule has 24 heavy (non-hydrogen) atoms. The van der Waals surface area contributed by atoms with Gasteiger partial charge in [-0.3, -0.25) is 9.69 Å². The zero-order chi connectivity index (χ0) is 16.7. The summed E-state index contributed by atoms with van der Waals surface area (Å²) in [6.07, 6.45) is 2.01. The Morgan fingerprint density at radius 1 is 1.12 bits per heavy atom. The summed E-state index contributed by atoms with van der Waals surface area (Å²) in [7, 11) is 0. The molecule has 0 saturated carbocycles. The summed E-state index contributed by atoms with van der Waals surface area (Å²) in [6, 6.07) is 10.7. The van der Waals surface area contributed by atoms with Crippen molar-refractivity contribution in [2.75, 3.05) is 13.1 Å². The van der Waals surface area contributed by atoms with E-state index in [4.69, 9.17) is 0 Å². The Labute approximate surface area is 155 Å². The second kappa shape index (κ2) is 6.62. The minimum absolute atomic E-state index is 0.0525. The third-order valence-corrected chi connectivity index (χ3v) is 6.89. The van der Waals surface area contributed by atoms with E-state index < -0.39 is 0 Å². The molecule has 1 amide bonds. The van der Waals surface area contributed by atoms with Gasteiger partial charge in [0.2, 0.25) is 5.91 Å². The fraction of sp³-hybridized carbons (Fsp3) is 0.421. The molecule has 1 unspecified atom stereocenters. The zero-order valence-electron chi connectivity index (χ0n) is 13.8. The van der Waals surface area contributed by atoms with Gasteiger partial charge in [-0.05, 0) is 58.5 Å². The van der Waals surface area contributed by atoms with Gasteiger partial charge < -0.3 is 4.90 Å². The van der Waals surface area contributed by atoms with Gasteiger partial charge in [-0.15, -0.1) is 11.3 Å². The molecule has 0 spiro atoms. The van der Waals surface area contributed by atoms with Gasteiger partial charge in [0.15, 0.2) is 0 Å². The highest BCUT2D eigenvalue weighted by molar-refractivity contribution is 9.11. The number of hydrogen-bond donors (Lipinski definition) is 0. The summed E-state index contributed by atoms with van der Waals surface area (Å²) in [6.45, 7) is 5.51. The van der Waals surface area contributed by atoms with Crippen LogP contribution >= 0.6 is 27.3 Å². The highest BCUT2D eigenvalue weighted by Crippen LogP contribution is 2.32. The van der Waals surface area contributed by atoms with Crippen molar-refractivity contribution in [1.29, 1.82) is 0 Å². The van der Waals surface area contributed by atoms with Crippen molar-refractivity contribution in [3.63, 3.8) is 0 Å². The van der Waals surface area contributed by atoms with Gasteiger partial charge >= 0.3 is 0 Å². The number of rotatable bonds is 2. The van der Waals surface area contributed by atoms with Gasteiger partial charge in [-0.2, -0.15) is 0 Å². The Morgan fingerprint density at radius 2 is 1.88 bits per heavy atom.